The molecule has 0 radical (unpaired) electrons. The molecule has 1 fully saturated rings. The van der Waals surface area contributed by atoms with E-state index in [9.17, 15) is 9.59 Å². The van der Waals surface area contributed by atoms with Crippen molar-refractivity contribution in [2.75, 3.05) is 20.2 Å². The van der Waals surface area contributed by atoms with E-state index in [2.05, 4.69) is 18.7 Å². The molecule has 0 saturated carbocycles. The third-order valence-electron chi connectivity index (χ3n) is 4.98. The number of nitrogens with zero attached hydrogens (tertiary/aromatic N) is 3. The van der Waals surface area contributed by atoms with Crippen LogP contribution in [0.3, 0.4) is 0 Å². The van der Waals surface area contributed by atoms with Crippen LogP contribution in [0.1, 0.15) is 32.7 Å². The average Bonchev–Trinajstić information content (AvgIpc) is 2.87. The first-order valence-electron chi connectivity index (χ1n) is 8.53. The first kappa shape index (κ1) is 16.8. The van der Waals surface area contributed by atoms with E-state index in [1.807, 2.05) is 28.8 Å². The number of hydrogen-bond donors (Lipinski definition) is 0. The van der Waals surface area contributed by atoms with E-state index >= 15 is 0 Å². The molecule has 3 rings (SSSR count). The van der Waals surface area contributed by atoms with Crippen molar-refractivity contribution in [2.45, 2.75) is 45.3 Å². The van der Waals surface area contributed by atoms with Gasteiger partial charge in [-0.3, -0.25) is 13.9 Å². The van der Waals surface area contributed by atoms with Crippen LogP contribution in [0, 0.1) is 0 Å². The lowest BCUT2D eigenvalue weighted by atomic mass is 10.0. The number of hydrogen-bond acceptors (Lipinski definition) is 4. The van der Waals surface area contributed by atoms with Gasteiger partial charge < -0.3 is 9.64 Å². The largest absolute Gasteiger partial charge is 0.468 e. The Morgan fingerprint density at radius 3 is 2.42 bits per heavy atom. The SMILES string of the molecule is COC(=O)Cn1c(=O)n(C2CCN(C(C)C)CC2)c2ccccc21. The molecule has 1 aromatic heterocycles. The summed E-state index contributed by atoms with van der Waals surface area (Å²) in [5.41, 5.74) is 1.57. The Morgan fingerprint density at radius 2 is 1.83 bits per heavy atom. The van der Waals surface area contributed by atoms with Gasteiger partial charge in [0.15, 0.2) is 0 Å². The number of imidazole rings is 1. The predicted molar refractivity (Wildman–Crippen MR) is 93.2 cm³/mol. The maximum Gasteiger partial charge on any atom is 0.329 e. The zero-order valence-corrected chi connectivity index (χ0v) is 14.6. The van der Waals surface area contributed by atoms with E-state index in [0.29, 0.717) is 6.04 Å². The molecule has 1 aliphatic rings. The number of esters is 1. The molecule has 24 heavy (non-hydrogen) atoms. The van der Waals surface area contributed by atoms with Crippen LogP contribution in [0.5, 0.6) is 0 Å². The Labute approximate surface area is 141 Å². The van der Waals surface area contributed by atoms with Crippen molar-refractivity contribution in [3.05, 3.63) is 34.7 Å². The van der Waals surface area contributed by atoms with E-state index in [1.165, 1.54) is 11.7 Å². The zero-order valence-electron chi connectivity index (χ0n) is 14.6. The molecule has 6 heteroatoms. The fourth-order valence-corrected chi connectivity index (χ4v) is 3.59. The summed E-state index contributed by atoms with van der Waals surface area (Å²) in [6, 6.07) is 8.38. The van der Waals surface area contributed by atoms with Gasteiger partial charge in [0.1, 0.15) is 6.54 Å². The molecule has 130 valence electrons. The Kier molecular flexibility index (Phi) is 4.76. The third-order valence-corrected chi connectivity index (χ3v) is 4.98. The summed E-state index contributed by atoms with van der Waals surface area (Å²) in [7, 11) is 1.34. The minimum absolute atomic E-state index is 0.0479. The van der Waals surface area contributed by atoms with Crippen LogP contribution in [0.2, 0.25) is 0 Å². The molecular weight excluding hydrogens is 306 g/mol. The molecule has 0 amide bonds. The molecule has 0 unspecified atom stereocenters. The first-order valence-corrected chi connectivity index (χ1v) is 8.53. The minimum Gasteiger partial charge on any atom is -0.468 e. The number of benzene rings is 1. The lowest BCUT2D eigenvalue weighted by Gasteiger charge is -2.35. The first-order chi connectivity index (χ1) is 11.5. The molecule has 6 nitrogen and oxygen atoms in total. The van der Waals surface area contributed by atoms with Gasteiger partial charge in [0.25, 0.3) is 0 Å². The van der Waals surface area contributed by atoms with E-state index in [0.717, 1.165) is 37.0 Å². The highest BCUT2D eigenvalue weighted by Crippen LogP contribution is 2.26. The molecule has 2 aromatic rings. The Balaban J connectivity index is 1.98. The van der Waals surface area contributed by atoms with Crippen LogP contribution in [0.4, 0.5) is 0 Å². The molecule has 1 aromatic carbocycles. The van der Waals surface area contributed by atoms with Gasteiger partial charge in [-0.1, -0.05) is 12.1 Å². The molecular formula is C18H25N3O3. The maximum atomic E-state index is 13.0. The predicted octanol–water partition coefficient (Wildman–Crippen LogP) is 2.02. The smallest absolute Gasteiger partial charge is 0.329 e. The summed E-state index contributed by atoms with van der Waals surface area (Å²) >= 11 is 0. The molecule has 0 bridgehead atoms. The Bertz CT molecular complexity index is 782. The lowest BCUT2D eigenvalue weighted by Crippen LogP contribution is -2.41. The van der Waals surface area contributed by atoms with Crippen molar-refractivity contribution < 1.29 is 9.53 Å². The number of methoxy groups -OCH3 is 1. The van der Waals surface area contributed by atoms with Crippen molar-refractivity contribution in [3.8, 4) is 0 Å². The van der Waals surface area contributed by atoms with Crippen LogP contribution in [-0.2, 0) is 16.1 Å². The van der Waals surface area contributed by atoms with Gasteiger partial charge in [-0.05, 0) is 38.8 Å². The summed E-state index contributed by atoms with van der Waals surface area (Å²) in [6.07, 6.45) is 1.90. The van der Waals surface area contributed by atoms with Gasteiger partial charge in [0.05, 0.1) is 18.1 Å². The second kappa shape index (κ2) is 6.81. The molecule has 0 spiro atoms. The van der Waals surface area contributed by atoms with Crippen molar-refractivity contribution in [2.24, 2.45) is 0 Å². The second-order valence-corrected chi connectivity index (χ2v) is 6.66. The van der Waals surface area contributed by atoms with Crippen LogP contribution in [0.25, 0.3) is 11.0 Å². The number of likely N-dealkylation sites (tertiary alicyclic amines) is 1. The highest BCUT2D eigenvalue weighted by Gasteiger charge is 2.26. The fraction of sp³-hybridized carbons (Fsp3) is 0.556. The molecule has 2 heterocycles. The average molecular weight is 331 g/mol. The van der Waals surface area contributed by atoms with Crippen LogP contribution in [-0.4, -0.2) is 46.2 Å². The summed E-state index contributed by atoms with van der Waals surface area (Å²) in [4.78, 5) is 27.1. The molecule has 1 aliphatic heterocycles. The number of para-hydroxylation sites is 2. The van der Waals surface area contributed by atoms with Gasteiger partial charge in [-0.25, -0.2) is 4.79 Å². The Morgan fingerprint density at radius 1 is 1.21 bits per heavy atom. The topological polar surface area (TPSA) is 56.5 Å². The summed E-state index contributed by atoms with van der Waals surface area (Å²) in [5, 5.41) is 0. The fourth-order valence-electron chi connectivity index (χ4n) is 3.59. The standard InChI is InChI=1S/C18H25N3O3/c1-13(2)19-10-8-14(9-11-19)21-16-7-5-4-6-15(16)20(18(21)23)12-17(22)24-3/h4-7,13-14H,8-12H2,1-3H3. The van der Waals surface area contributed by atoms with Crippen molar-refractivity contribution >= 4 is 17.0 Å². The second-order valence-electron chi connectivity index (χ2n) is 6.66. The van der Waals surface area contributed by atoms with Gasteiger partial charge in [0, 0.05) is 25.2 Å². The van der Waals surface area contributed by atoms with E-state index < -0.39 is 5.97 Å². The van der Waals surface area contributed by atoms with Gasteiger partial charge in [-0.15, -0.1) is 0 Å². The normalized spacial score (nSPS) is 16.8. The quantitative estimate of drug-likeness (QED) is 0.805. The van der Waals surface area contributed by atoms with Crippen LogP contribution in [0.15, 0.2) is 29.1 Å². The molecule has 1 saturated heterocycles. The minimum atomic E-state index is -0.408. The summed E-state index contributed by atoms with van der Waals surface area (Å²) < 4.78 is 8.13. The number of ether oxygens (including phenoxy) is 1. The maximum absolute atomic E-state index is 13.0. The molecule has 0 N–H and O–H groups in total. The van der Waals surface area contributed by atoms with Crippen molar-refractivity contribution in [3.63, 3.8) is 0 Å². The zero-order chi connectivity index (χ0) is 17.3. The van der Waals surface area contributed by atoms with Gasteiger partial charge in [0.2, 0.25) is 0 Å². The number of carbonyl (C=O) groups excluding carboxylic acids is 1. The van der Waals surface area contributed by atoms with Crippen LogP contribution >= 0.6 is 0 Å². The Hall–Kier alpha value is -2.08. The van der Waals surface area contributed by atoms with E-state index in [4.69, 9.17) is 4.74 Å². The number of rotatable bonds is 4. The lowest BCUT2D eigenvalue weighted by molar-refractivity contribution is -0.141. The number of carbonyl (C=O) groups is 1. The van der Waals surface area contributed by atoms with E-state index in [1.54, 1.807) is 0 Å². The number of fused-ring (bicyclic) bond motifs is 1. The van der Waals surface area contributed by atoms with Crippen LogP contribution < -0.4 is 5.69 Å². The molecule has 0 aliphatic carbocycles. The monoisotopic (exact) mass is 331 g/mol. The van der Waals surface area contributed by atoms with Gasteiger partial charge >= 0.3 is 11.7 Å². The third kappa shape index (κ3) is 2.98. The van der Waals surface area contributed by atoms with Crippen molar-refractivity contribution in [1.29, 1.82) is 0 Å². The number of piperidine rings is 1. The van der Waals surface area contributed by atoms with Crippen molar-refractivity contribution in [1.82, 2.24) is 14.0 Å². The molecule has 0 atom stereocenters. The summed E-state index contributed by atoms with van der Waals surface area (Å²) in [5.74, 6) is -0.408. The number of aromatic nitrogens is 2. The van der Waals surface area contributed by atoms with Gasteiger partial charge in [-0.2, -0.15) is 0 Å². The summed E-state index contributed by atoms with van der Waals surface area (Å²) in [6.45, 7) is 6.34. The van der Waals surface area contributed by atoms with E-state index in [-0.39, 0.29) is 18.3 Å². The highest BCUT2D eigenvalue weighted by molar-refractivity contribution is 5.78. The highest BCUT2D eigenvalue weighted by atomic mass is 16.5.